The van der Waals surface area contributed by atoms with Crippen LogP contribution in [0.5, 0.6) is 0 Å². The number of nitro groups is 1. The lowest BCUT2D eigenvalue weighted by Crippen LogP contribution is -2.47. The number of piperazine rings is 1. The van der Waals surface area contributed by atoms with E-state index in [0.717, 1.165) is 16.5 Å². The van der Waals surface area contributed by atoms with E-state index in [1.165, 1.54) is 6.07 Å². The molecule has 0 unspecified atom stereocenters. The molecule has 2 heterocycles. The summed E-state index contributed by atoms with van der Waals surface area (Å²) in [7, 11) is -3.69. The minimum absolute atomic E-state index is 0.253. The summed E-state index contributed by atoms with van der Waals surface area (Å²) in [5.74, 6) is 0.840. The third kappa shape index (κ3) is 3.80. The minimum atomic E-state index is -3.69. The summed E-state index contributed by atoms with van der Waals surface area (Å²) >= 11 is 3.35. The zero-order valence-corrected chi connectivity index (χ0v) is 16.4. The fourth-order valence-corrected chi connectivity index (χ4v) is 4.07. The Morgan fingerprint density at radius 1 is 1.12 bits per heavy atom. The number of hydrogen-bond acceptors (Lipinski definition) is 7. The van der Waals surface area contributed by atoms with E-state index >= 15 is 0 Å². The van der Waals surface area contributed by atoms with E-state index in [9.17, 15) is 18.5 Å². The van der Waals surface area contributed by atoms with Gasteiger partial charge in [-0.3, -0.25) is 10.1 Å². The van der Waals surface area contributed by atoms with Gasteiger partial charge in [-0.25, -0.2) is 13.4 Å². The van der Waals surface area contributed by atoms with Crippen LogP contribution in [0.1, 0.15) is 0 Å². The van der Waals surface area contributed by atoms with Crippen LogP contribution < -0.4 is 9.80 Å². The number of halogens is 1. The highest BCUT2D eigenvalue weighted by atomic mass is 79.9. The molecule has 1 fully saturated rings. The number of rotatable bonds is 4. The summed E-state index contributed by atoms with van der Waals surface area (Å²) in [6.45, 7) is 2.33. The molecule has 0 N–H and O–H groups in total. The maximum atomic E-state index is 11.9. The van der Waals surface area contributed by atoms with Gasteiger partial charge in [-0.15, -0.1) is 0 Å². The van der Waals surface area contributed by atoms with Crippen LogP contribution in [-0.2, 0) is 9.84 Å². The molecule has 2 aromatic rings. The Hall–Kier alpha value is -2.20. The van der Waals surface area contributed by atoms with E-state index in [-0.39, 0.29) is 10.6 Å². The number of hydrogen-bond donors (Lipinski definition) is 0. The second-order valence-electron chi connectivity index (χ2n) is 5.96. The first-order chi connectivity index (χ1) is 12.3. The Morgan fingerprint density at radius 2 is 1.77 bits per heavy atom. The van der Waals surface area contributed by atoms with Crippen LogP contribution in [0.4, 0.5) is 17.2 Å². The highest BCUT2D eigenvalue weighted by Crippen LogP contribution is 2.35. The molecule has 1 aliphatic heterocycles. The average Bonchev–Trinajstić information content (AvgIpc) is 2.61. The van der Waals surface area contributed by atoms with Gasteiger partial charge in [0.1, 0.15) is 16.4 Å². The summed E-state index contributed by atoms with van der Waals surface area (Å²) in [6.07, 6.45) is 2.71. The van der Waals surface area contributed by atoms with Crippen molar-refractivity contribution in [2.45, 2.75) is 4.90 Å². The monoisotopic (exact) mass is 440 g/mol. The first-order valence-electron chi connectivity index (χ1n) is 7.86. The normalized spacial score (nSPS) is 15.2. The predicted molar refractivity (Wildman–Crippen MR) is 103 cm³/mol. The largest absolute Gasteiger partial charge is 0.362 e. The molecule has 10 heteroatoms. The molecule has 138 valence electrons. The summed E-state index contributed by atoms with van der Waals surface area (Å²) in [5, 5.41) is 11.5. The van der Waals surface area contributed by atoms with Crippen molar-refractivity contribution >= 4 is 43.0 Å². The number of benzene rings is 1. The molecule has 0 saturated carbocycles. The fourth-order valence-electron chi connectivity index (χ4n) is 2.98. The number of sulfone groups is 1. The molecule has 1 aromatic heterocycles. The number of para-hydroxylation sites is 1. The first-order valence-corrected chi connectivity index (χ1v) is 10.5. The third-order valence-corrected chi connectivity index (χ3v) is 5.81. The van der Waals surface area contributed by atoms with Gasteiger partial charge in [-0.2, -0.15) is 0 Å². The molecule has 0 bridgehead atoms. The molecule has 1 aliphatic rings. The molecule has 0 amide bonds. The summed E-state index contributed by atoms with van der Waals surface area (Å²) in [5.41, 5.74) is -0.0217. The Morgan fingerprint density at radius 3 is 2.31 bits per heavy atom. The smallest absolute Gasteiger partial charge is 0.311 e. The summed E-state index contributed by atoms with van der Waals surface area (Å²) < 4.78 is 24.7. The standard InChI is InChI=1S/C16H17BrN4O4S/c1-26(24,25)14-4-2-3-13(16(14)21(22)23)19-7-9-20(10-8-19)15-6-5-12(17)11-18-15/h2-6,11H,7-10H2,1H3. The number of anilines is 2. The molecule has 0 atom stereocenters. The Balaban J connectivity index is 1.85. The van der Waals surface area contributed by atoms with Gasteiger partial charge in [0, 0.05) is 43.1 Å². The van der Waals surface area contributed by atoms with Crippen molar-refractivity contribution in [3.8, 4) is 0 Å². The van der Waals surface area contributed by atoms with Crippen LogP contribution >= 0.6 is 15.9 Å². The highest BCUT2D eigenvalue weighted by molar-refractivity contribution is 9.10. The van der Waals surface area contributed by atoms with Crippen molar-refractivity contribution in [3.05, 3.63) is 51.1 Å². The Bertz CT molecular complexity index is 926. The topological polar surface area (TPSA) is 96.7 Å². The van der Waals surface area contributed by atoms with Gasteiger partial charge >= 0.3 is 5.69 Å². The fraction of sp³-hybridized carbons (Fsp3) is 0.312. The van der Waals surface area contributed by atoms with E-state index in [1.807, 2.05) is 17.0 Å². The van der Waals surface area contributed by atoms with Crippen LogP contribution in [0.15, 0.2) is 45.9 Å². The molecule has 0 aliphatic carbocycles. The summed E-state index contributed by atoms with van der Waals surface area (Å²) in [6, 6.07) is 8.24. The van der Waals surface area contributed by atoms with Crippen molar-refractivity contribution in [1.29, 1.82) is 0 Å². The van der Waals surface area contributed by atoms with Crippen LogP contribution in [0.2, 0.25) is 0 Å². The molecular formula is C16H17BrN4O4S. The van der Waals surface area contributed by atoms with Gasteiger partial charge < -0.3 is 9.80 Å². The third-order valence-electron chi connectivity index (χ3n) is 4.22. The number of nitro benzene ring substituents is 1. The molecule has 0 spiro atoms. The second-order valence-corrected chi connectivity index (χ2v) is 8.86. The lowest BCUT2D eigenvalue weighted by Gasteiger charge is -2.36. The van der Waals surface area contributed by atoms with E-state index in [2.05, 4.69) is 25.8 Å². The lowest BCUT2D eigenvalue weighted by molar-refractivity contribution is -0.387. The van der Waals surface area contributed by atoms with Gasteiger partial charge in [0.2, 0.25) is 0 Å². The van der Waals surface area contributed by atoms with Gasteiger partial charge in [0.15, 0.2) is 9.84 Å². The van der Waals surface area contributed by atoms with Gasteiger partial charge in [0.25, 0.3) is 0 Å². The molecule has 1 aromatic carbocycles. The molecule has 3 rings (SSSR count). The quantitative estimate of drug-likeness (QED) is 0.531. The molecular weight excluding hydrogens is 424 g/mol. The van der Waals surface area contributed by atoms with Crippen LogP contribution in [-0.4, -0.2) is 50.8 Å². The summed E-state index contributed by atoms with van der Waals surface area (Å²) in [4.78, 5) is 19.0. The van der Waals surface area contributed by atoms with Crippen LogP contribution in [0.3, 0.4) is 0 Å². The van der Waals surface area contributed by atoms with Gasteiger partial charge in [-0.05, 0) is 40.2 Å². The lowest BCUT2D eigenvalue weighted by atomic mass is 10.2. The molecule has 1 saturated heterocycles. The zero-order chi connectivity index (χ0) is 18.9. The van der Waals surface area contributed by atoms with Crippen LogP contribution in [0, 0.1) is 10.1 Å². The Labute approximate surface area is 159 Å². The predicted octanol–water partition coefficient (Wildman–Crippen LogP) is 2.48. The average molecular weight is 441 g/mol. The van der Waals surface area contributed by atoms with Gasteiger partial charge in [-0.1, -0.05) is 6.07 Å². The second kappa shape index (κ2) is 7.20. The van der Waals surface area contributed by atoms with E-state index in [4.69, 9.17) is 0 Å². The molecule has 26 heavy (non-hydrogen) atoms. The zero-order valence-electron chi connectivity index (χ0n) is 14.0. The number of pyridine rings is 1. The van der Waals surface area contributed by atoms with E-state index in [0.29, 0.717) is 31.9 Å². The van der Waals surface area contributed by atoms with Crippen molar-refractivity contribution in [1.82, 2.24) is 4.98 Å². The van der Waals surface area contributed by atoms with Crippen molar-refractivity contribution in [2.24, 2.45) is 0 Å². The Kier molecular flexibility index (Phi) is 5.15. The number of nitrogens with zero attached hydrogens (tertiary/aromatic N) is 4. The SMILES string of the molecule is CS(=O)(=O)c1cccc(N2CCN(c3ccc(Br)cn3)CC2)c1[N+](=O)[O-]. The maximum Gasteiger partial charge on any atom is 0.311 e. The van der Waals surface area contributed by atoms with Crippen molar-refractivity contribution in [2.75, 3.05) is 42.2 Å². The van der Waals surface area contributed by atoms with Crippen molar-refractivity contribution in [3.63, 3.8) is 0 Å². The van der Waals surface area contributed by atoms with E-state index < -0.39 is 14.8 Å². The van der Waals surface area contributed by atoms with E-state index in [1.54, 1.807) is 18.3 Å². The molecule has 8 nitrogen and oxygen atoms in total. The maximum absolute atomic E-state index is 11.9. The highest BCUT2D eigenvalue weighted by Gasteiger charge is 2.30. The molecule has 0 radical (unpaired) electrons. The van der Waals surface area contributed by atoms with Gasteiger partial charge in [0.05, 0.1) is 4.92 Å². The van der Waals surface area contributed by atoms with Crippen molar-refractivity contribution < 1.29 is 13.3 Å². The van der Waals surface area contributed by atoms with Crippen LogP contribution in [0.25, 0.3) is 0 Å². The number of aromatic nitrogens is 1. The first kappa shape index (κ1) is 18.6. The minimum Gasteiger partial charge on any atom is -0.362 e.